The molecule has 0 radical (unpaired) electrons. The lowest BCUT2D eigenvalue weighted by Crippen LogP contribution is -2.39. The Balaban J connectivity index is 1.71. The fourth-order valence-electron chi connectivity index (χ4n) is 2.93. The average molecular weight is 288 g/mol. The summed E-state index contributed by atoms with van der Waals surface area (Å²) in [7, 11) is 0. The van der Waals surface area contributed by atoms with Crippen LogP contribution in [0.25, 0.3) is 5.57 Å². The number of aryl methyl sites for hydroxylation is 1. The molecule has 1 saturated heterocycles. The summed E-state index contributed by atoms with van der Waals surface area (Å²) in [5.74, 6) is 0.845. The Morgan fingerprint density at radius 3 is 3.05 bits per heavy atom. The lowest BCUT2D eigenvalue weighted by atomic mass is 9.99. The molecule has 0 N–H and O–H groups in total. The molecule has 1 aliphatic heterocycles. The van der Waals surface area contributed by atoms with Crippen molar-refractivity contribution in [2.75, 3.05) is 13.1 Å². The number of allylic oxidation sites excluding steroid dienone is 3. The van der Waals surface area contributed by atoms with E-state index in [0.717, 1.165) is 47.8 Å². The first-order valence-electron chi connectivity index (χ1n) is 7.26. The molecule has 2 heterocycles. The van der Waals surface area contributed by atoms with Crippen LogP contribution in [0.15, 0.2) is 23.1 Å². The Labute approximate surface area is 124 Å². The zero-order valence-electron chi connectivity index (χ0n) is 12.1. The van der Waals surface area contributed by atoms with Crippen LogP contribution in [-0.2, 0) is 4.79 Å². The molecule has 1 aromatic rings. The third kappa shape index (κ3) is 2.70. The maximum atomic E-state index is 12.5. The SMILES string of the molecule is Cc1nc(C2=CCC(C(=O)N3CCCC(C)C3)=C2)cs1. The molecular weight excluding hydrogens is 268 g/mol. The number of carbonyl (C=O) groups is 1. The van der Waals surface area contributed by atoms with Crippen LogP contribution < -0.4 is 0 Å². The minimum Gasteiger partial charge on any atom is -0.339 e. The van der Waals surface area contributed by atoms with E-state index in [4.69, 9.17) is 0 Å². The maximum absolute atomic E-state index is 12.5. The van der Waals surface area contributed by atoms with E-state index < -0.39 is 0 Å². The fraction of sp³-hybridized carbons (Fsp3) is 0.500. The van der Waals surface area contributed by atoms with Crippen molar-refractivity contribution in [3.05, 3.63) is 33.8 Å². The molecule has 0 aromatic carbocycles. The molecule has 1 fully saturated rings. The first kappa shape index (κ1) is 13.6. The van der Waals surface area contributed by atoms with Crippen LogP contribution >= 0.6 is 11.3 Å². The van der Waals surface area contributed by atoms with Gasteiger partial charge in [-0.3, -0.25) is 4.79 Å². The maximum Gasteiger partial charge on any atom is 0.250 e. The van der Waals surface area contributed by atoms with Gasteiger partial charge in [-0.1, -0.05) is 13.0 Å². The number of amides is 1. The standard InChI is InChI=1S/C16H20N2OS/c1-11-4-3-7-18(9-11)16(19)14-6-5-13(8-14)15-10-20-12(2)17-15/h5,8,10-11H,3-4,6-7,9H2,1-2H3. The normalized spacial score (nSPS) is 22.7. The molecule has 3 rings (SSSR count). The number of carbonyl (C=O) groups excluding carboxylic acids is 1. The van der Waals surface area contributed by atoms with Gasteiger partial charge in [-0.05, 0) is 43.8 Å². The van der Waals surface area contributed by atoms with Gasteiger partial charge in [-0.2, -0.15) is 0 Å². The molecule has 1 aliphatic carbocycles. The summed E-state index contributed by atoms with van der Waals surface area (Å²) in [6.07, 6.45) is 7.26. The predicted molar refractivity (Wildman–Crippen MR) is 82.5 cm³/mol. The minimum absolute atomic E-state index is 0.217. The van der Waals surface area contributed by atoms with E-state index in [0.29, 0.717) is 5.92 Å². The average Bonchev–Trinajstić information content (AvgIpc) is 3.06. The van der Waals surface area contributed by atoms with Crippen molar-refractivity contribution in [3.63, 3.8) is 0 Å². The number of aromatic nitrogens is 1. The van der Waals surface area contributed by atoms with Gasteiger partial charge in [0, 0.05) is 24.0 Å². The van der Waals surface area contributed by atoms with Crippen molar-refractivity contribution < 1.29 is 4.79 Å². The minimum atomic E-state index is 0.217. The van der Waals surface area contributed by atoms with Gasteiger partial charge in [0.1, 0.15) is 0 Å². The molecule has 1 amide bonds. The molecule has 0 bridgehead atoms. The second kappa shape index (κ2) is 5.52. The zero-order valence-corrected chi connectivity index (χ0v) is 12.9. The first-order valence-corrected chi connectivity index (χ1v) is 8.14. The van der Waals surface area contributed by atoms with Crippen LogP contribution in [0.4, 0.5) is 0 Å². The summed E-state index contributed by atoms with van der Waals surface area (Å²) >= 11 is 1.65. The van der Waals surface area contributed by atoms with Crippen LogP contribution in [-0.4, -0.2) is 28.9 Å². The number of likely N-dealkylation sites (tertiary alicyclic amines) is 1. The Morgan fingerprint density at radius 2 is 2.35 bits per heavy atom. The summed E-state index contributed by atoms with van der Waals surface area (Å²) in [4.78, 5) is 19.0. The van der Waals surface area contributed by atoms with Crippen molar-refractivity contribution in [1.29, 1.82) is 0 Å². The number of rotatable bonds is 2. The van der Waals surface area contributed by atoms with Gasteiger partial charge in [0.05, 0.1) is 10.7 Å². The van der Waals surface area contributed by atoms with Crippen LogP contribution in [0.5, 0.6) is 0 Å². The van der Waals surface area contributed by atoms with E-state index in [9.17, 15) is 4.79 Å². The molecule has 0 saturated carbocycles. The molecular formula is C16H20N2OS. The van der Waals surface area contributed by atoms with Crippen molar-refractivity contribution >= 4 is 22.8 Å². The monoisotopic (exact) mass is 288 g/mol. The molecule has 106 valence electrons. The van der Waals surface area contributed by atoms with Gasteiger partial charge in [0.2, 0.25) is 5.91 Å². The first-order chi connectivity index (χ1) is 9.63. The van der Waals surface area contributed by atoms with E-state index >= 15 is 0 Å². The number of thiazole rings is 1. The molecule has 1 atom stereocenters. The van der Waals surface area contributed by atoms with Crippen LogP contribution in [0.3, 0.4) is 0 Å². The van der Waals surface area contributed by atoms with E-state index in [1.54, 1.807) is 11.3 Å². The number of piperidine rings is 1. The fourth-order valence-corrected chi connectivity index (χ4v) is 3.55. The summed E-state index contributed by atoms with van der Waals surface area (Å²) in [5.41, 5.74) is 3.02. The van der Waals surface area contributed by atoms with Crippen LogP contribution in [0.2, 0.25) is 0 Å². The largest absolute Gasteiger partial charge is 0.339 e. The van der Waals surface area contributed by atoms with Crippen LogP contribution in [0.1, 0.15) is 36.9 Å². The zero-order chi connectivity index (χ0) is 14.1. The quantitative estimate of drug-likeness (QED) is 0.835. The van der Waals surface area contributed by atoms with Gasteiger partial charge in [0.25, 0.3) is 0 Å². The third-order valence-corrected chi connectivity index (χ3v) is 4.78. The summed E-state index contributed by atoms with van der Waals surface area (Å²) in [6, 6.07) is 0. The number of hydrogen-bond acceptors (Lipinski definition) is 3. The Morgan fingerprint density at radius 1 is 1.50 bits per heavy atom. The molecule has 4 heteroatoms. The lowest BCUT2D eigenvalue weighted by Gasteiger charge is -2.31. The van der Waals surface area contributed by atoms with Gasteiger partial charge < -0.3 is 4.90 Å². The Kier molecular flexibility index (Phi) is 3.74. The van der Waals surface area contributed by atoms with E-state index in [-0.39, 0.29) is 5.91 Å². The smallest absolute Gasteiger partial charge is 0.250 e. The Hall–Kier alpha value is -1.42. The van der Waals surface area contributed by atoms with Crippen molar-refractivity contribution in [2.45, 2.75) is 33.1 Å². The van der Waals surface area contributed by atoms with Crippen molar-refractivity contribution in [2.24, 2.45) is 5.92 Å². The molecule has 1 unspecified atom stereocenters. The van der Waals surface area contributed by atoms with Crippen molar-refractivity contribution in [1.82, 2.24) is 9.88 Å². The lowest BCUT2D eigenvalue weighted by molar-refractivity contribution is -0.128. The number of nitrogens with zero attached hydrogens (tertiary/aromatic N) is 2. The second-order valence-corrected chi connectivity index (χ2v) is 6.85. The summed E-state index contributed by atoms with van der Waals surface area (Å²) < 4.78 is 0. The van der Waals surface area contributed by atoms with Gasteiger partial charge in [0.15, 0.2) is 0 Å². The number of hydrogen-bond donors (Lipinski definition) is 0. The van der Waals surface area contributed by atoms with E-state index in [1.165, 1.54) is 6.42 Å². The van der Waals surface area contributed by atoms with E-state index in [1.807, 2.05) is 17.9 Å². The summed E-state index contributed by atoms with van der Waals surface area (Å²) in [5, 5.41) is 3.13. The Bertz CT molecular complexity index is 585. The highest BCUT2D eigenvalue weighted by atomic mass is 32.1. The highest BCUT2D eigenvalue weighted by molar-refractivity contribution is 7.09. The molecule has 3 nitrogen and oxygen atoms in total. The molecule has 1 aromatic heterocycles. The molecule has 2 aliphatic rings. The predicted octanol–water partition coefficient (Wildman–Crippen LogP) is 3.42. The molecule has 0 spiro atoms. The van der Waals surface area contributed by atoms with Gasteiger partial charge >= 0.3 is 0 Å². The van der Waals surface area contributed by atoms with Gasteiger partial charge in [-0.15, -0.1) is 11.3 Å². The highest BCUT2D eigenvalue weighted by Crippen LogP contribution is 2.29. The highest BCUT2D eigenvalue weighted by Gasteiger charge is 2.25. The summed E-state index contributed by atoms with van der Waals surface area (Å²) in [6.45, 7) is 6.05. The third-order valence-electron chi connectivity index (χ3n) is 4.01. The van der Waals surface area contributed by atoms with E-state index in [2.05, 4.69) is 23.4 Å². The van der Waals surface area contributed by atoms with Crippen molar-refractivity contribution in [3.8, 4) is 0 Å². The van der Waals surface area contributed by atoms with Gasteiger partial charge in [-0.25, -0.2) is 4.98 Å². The van der Waals surface area contributed by atoms with Crippen LogP contribution in [0, 0.1) is 12.8 Å². The molecule has 20 heavy (non-hydrogen) atoms. The topological polar surface area (TPSA) is 33.2 Å². The second-order valence-electron chi connectivity index (χ2n) is 5.78.